The topological polar surface area (TPSA) is 57.4 Å². The molecule has 1 aromatic heterocycles. The third-order valence-electron chi connectivity index (χ3n) is 3.31. The molecule has 21 heavy (non-hydrogen) atoms. The van der Waals surface area contributed by atoms with E-state index in [9.17, 15) is 0 Å². The fourth-order valence-corrected chi connectivity index (χ4v) is 3.09. The minimum absolute atomic E-state index is 0.282. The second-order valence-electron chi connectivity index (χ2n) is 4.73. The number of ether oxygens (including phenoxy) is 2. The van der Waals surface area contributed by atoms with E-state index >= 15 is 0 Å². The van der Waals surface area contributed by atoms with Gasteiger partial charge in [0, 0.05) is 22.2 Å². The number of anilines is 1. The zero-order valence-electron chi connectivity index (χ0n) is 11.1. The van der Waals surface area contributed by atoms with Crippen molar-refractivity contribution in [1.82, 2.24) is 4.98 Å². The van der Waals surface area contributed by atoms with Crippen LogP contribution in [0.3, 0.4) is 0 Å². The molecule has 0 saturated heterocycles. The molecular formula is C16H12N2O2S. The number of fused-ring (bicyclic) bond motifs is 1. The molecule has 104 valence electrons. The number of nitrogens with two attached hydrogens (primary N) is 1. The molecule has 2 heterocycles. The van der Waals surface area contributed by atoms with Gasteiger partial charge in [-0.1, -0.05) is 12.1 Å². The summed E-state index contributed by atoms with van der Waals surface area (Å²) in [6.07, 6.45) is 0. The number of nitrogens with zero attached hydrogens (tertiary/aromatic N) is 1. The van der Waals surface area contributed by atoms with Gasteiger partial charge in [0.05, 0.1) is 5.69 Å². The number of hydrogen-bond acceptors (Lipinski definition) is 5. The molecule has 1 aliphatic heterocycles. The summed E-state index contributed by atoms with van der Waals surface area (Å²) in [4.78, 5) is 4.68. The smallest absolute Gasteiger partial charge is 0.231 e. The highest BCUT2D eigenvalue weighted by atomic mass is 32.1. The first-order chi connectivity index (χ1) is 10.3. The summed E-state index contributed by atoms with van der Waals surface area (Å²) in [5, 5.41) is 2.99. The number of rotatable bonds is 2. The Kier molecular flexibility index (Phi) is 2.79. The van der Waals surface area contributed by atoms with Gasteiger partial charge in [-0.05, 0) is 30.3 Å². The molecule has 4 nitrogen and oxygen atoms in total. The predicted octanol–water partition coefficient (Wildman–Crippen LogP) is 3.79. The van der Waals surface area contributed by atoms with Crippen LogP contribution in [0.15, 0.2) is 47.8 Å². The zero-order chi connectivity index (χ0) is 14.2. The Balaban J connectivity index is 1.71. The third-order valence-corrected chi connectivity index (χ3v) is 4.20. The molecule has 0 spiro atoms. The van der Waals surface area contributed by atoms with E-state index in [1.54, 1.807) is 11.3 Å². The van der Waals surface area contributed by atoms with E-state index in [0.29, 0.717) is 0 Å². The minimum atomic E-state index is 0.282. The predicted molar refractivity (Wildman–Crippen MR) is 83.5 cm³/mol. The number of thiazole rings is 1. The molecule has 0 radical (unpaired) electrons. The Bertz CT molecular complexity index is 814. The SMILES string of the molecule is Nc1cccc(-c2nc(-c3ccc4c(c3)OCO4)cs2)c1. The maximum Gasteiger partial charge on any atom is 0.231 e. The van der Waals surface area contributed by atoms with Crippen molar-refractivity contribution in [3.8, 4) is 33.3 Å². The van der Waals surface area contributed by atoms with Crippen LogP contribution >= 0.6 is 11.3 Å². The molecule has 0 saturated carbocycles. The van der Waals surface area contributed by atoms with Crippen molar-refractivity contribution in [3.05, 3.63) is 47.8 Å². The van der Waals surface area contributed by atoms with Crippen LogP contribution in [0, 0.1) is 0 Å². The Morgan fingerprint density at radius 1 is 1.00 bits per heavy atom. The van der Waals surface area contributed by atoms with Crippen LogP contribution in [0.2, 0.25) is 0 Å². The maximum atomic E-state index is 5.82. The van der Waals surface area contributed by atoms with Crippen molar-refractivity contribution in [3.63, 3.8) is 0 Å². The fourth-order valence-electron chi connectivity index (χ4n) is 2.27. The number of hydrogen-bond donors (Lipinski definition) is 1. The highest BCUT2D eigenvalue weighted by Gasteiger charge is 2.15. The molecule has 4 rings (SSSR count). The Hall–Kier alpha value is -2.53. The fraction of sp³-hybridized carbons (Fsp3) is 0.0625. The van der Waals surface area contributed by atoms with E-state index < -0.39 is 0 Å². The molecule has 2 N–H and O–H groups in total. The van der Waals surface area contributed by atoms with Crippen LogP contribution in [0.5, 0.6) is 11.5 Å². The second-order valence-corrected chi connectivity index (χ2v) is 5.59. The van der Waals surface area contributed by atoms with E-state index in [0.717, 1.165) is 39.0 Å². The lowest BCUT2D eigenvalue weighted by atomic mass is 10.1. The Morgan fingerprint density at radius 2 is 1.90 bits per heavy atom. The second kappa shape index (κ2) is 4.79. The van der Waals surface area contributed by atoms with Gasteiger partial charge in [-0.15, -0.1) is 11.3 Å². The molecule has 0 fully saturated rings. The molecule has 0 atom stereocenters. The summed E-state index contributed by atoms with van der Waals surface area (Å²) < 4.78 is 10.7. The molecule has 0 amide bonds. The molecule has 0 aliphatic carbocycles. The van der Waals surface area contributed by atoms with Gasteiger partial charge >= 0.3 is 0 Å². The summed E-state index contributed by atoms with van der Waals surface area (Å²) in [6, 6.07) is 13.6. The first-order valence-electron chi connectivity index (χ1n) is 6.51. The highest BCUT2D eigenvalue weighted by molar-refractivity contribution is 7.13. The summed E-state index contributed by atoms with van der Waals surface area (Å²) in [5.41, 5.74) is 9.54. The number of nitrogen functional groups attached to an aromatic ring is 1. The van der Waals surface area contributed by atoms with Gasteiger partial charge in [0.15, 0.2) is 11.5 Å². The Labute approximate surface area is 125 Å². The first-order valence-corrected chi connectivity index (χ1v) is 7.39. The van der Waals surface area contributed by atoms with Gasteiger partial charge in [-0.3, -0.25) is 0 Å². The molecule has 5 heteroatoms. The van der Waals surface area contributed by atoms with Crippen molar-refractivity contribution >= 4 is 17.0 Å². The molecule has 1 aliphatic rings. The number of benzene rings is 2. The van der Waals surface area contributed by atoms with Crippen molar-refractivity contribution in [1.29, 1.82) is 0 Å². The summed E-state index contributed by atoms with van der Waals surface area (Å²) >= 11 is 1.60. The molecule has 0 unspecified atom stereocenters. The standard InChI is InChI=1S/C16H12N2O2S/c17-12-3-1-2-11(6-12)16-18-13(8-21-16)10-4-5-14-15(7-10)20-9-19-14/h1-8H,9,17H2. The van der Waals surface area contributed by atoms with Crippen LogP contribution in [0.4, 0.5) is 5.69 Å². The molecular weight excluding hydrogens is 284 g/mol. The van der Waals surface area contributed by atoms with Crippen LogP contribution < -0.4 is 15.2 Å². The van der Waals surface area contributed by atoms with Gasteiger partial charge in [-0.2, -0.15) is 0 Å². The summed E-state index contributed by atoms with van der Waals surface area (Å²) in [6.45, 7) is 0.282. The van der Waals surface area contributed by atoms with E-state index in [1.807, 2.05) is 47.8 Å². The van der Waals surface area contributed by atoms with Crippen LogP contribution in [0.1, 0.15) is 0 Å². The Morgan fingerprint density at radius 3 is 2.81 bits per heavy atom. The maximum absolute atomic E-state index is 5.82. The van der Waals surface area contributed by atoms with Gasteiger partial charge in [0.25, 0.3) is 0 Å². The van der Waals surface area contributed by atoms with Crippen molar-refractivity contribution in [2.24, 2.45) is 0 Å². The molecule has 3 aromatic rings. The van der Waals surface area contributed by atoms with Crippen LogP contribution in [0.25, 0.3) is 21.8 Å². The van der Waals surface area contributed by atoms with Crippen molar-refractivity contribution < 1.29 is 9.47 Å². The lowest BCUT2D eigenvalue weighted by molar-refractivity contribution is 0.174. The average Bonchev–Trinajstić information content (AvgIpc) is 3.15. The van der Waals surface area contributed by atoms with E-state index in [-0.39, 0.29) is 6.79 Å². The largest absolute Gasteiger partial charge is 0.454 e. The first kappa shape index (κ1) is 12.2. The summed E-state index contributed by atoms with van der Waals surface area (Å²) in [7, 11) is 0. The molecule has 0 bridgehead atoms. The van der Waals surface area contributed by atoms with E-state index in [1.165, 1.54) is 0 Å². The van der Waals surface area contributed by atoms with E-state index in [4.69, 9.17) is 15.2 Å². The van der Waals surface area contributed by atoms with Crippen LogP contribution in [-0.4, -0.2) is 11.8 Å². The number of aromatic nitrogens is 1. The minimum Gasteiger partial charge on any atom is -0.454 e. The van der Waals surface area contributed by atoms with Gasteiger partial charge in [-0.25, -0.2) is 4.98 Å². The summed E-state index contributed by atoms with van der Waals surface area (Å²) in [5.74, 6) is 1.55. The monoisotopic (exact) mass is 296 g/mol. The quantitative estimate of drug-likeness (QED) is 0.731. The zero-order valence-corrected chi connectivity index (χ0v) is 11.9. The molecule has 2 aromatic carbocycles. The van der Waals surface area contributed by atoms with E-state index in [2.05, 4.69) is 4.98 Å². The van der Waals surface area contributed by atoms with Gasteiger partial charge < -0.3 is 15.2 Å². The van der Waals surface area contributed by atoms with Crippen molar-refractivity contribution in [2.75, 3.05) is 12.5 Å². The van der Waals surface area contributed by atoms with Gasteiger partial charge in [0.2, 0.25) is 6.79 Å². The lowest BCUT2D eigenvalue weighted by Crippen LogP contribution is -1.92. The lowest BCUT2D eigenvalue weighted by Gasteiger charge is -2.00. The van der Waals surface area contributed by atoms with Crippen molar-refractivity contribution in [2.45, 2.75) is 0 Å². The van der Waals surface area contributed by atoms with Gasteiger partial charge in [0.1, 0.15) is 5.01 Å². The normalized spacial score (nSPS) is 12.6. The average molecular weight is 296 g/mol. The van der Waals surface area contributed by atoms with Crippen LogP contribution in [-0.2, 0) is 0 Å². The third kappa shape index (κ3) is 2.21. The highest BCUT2D eigenvalue weighted by Crippen LogP contribution is 2.37.